The Morgan fingerprint density at radius 3 is 2.69 bits per heavy atom. The lowest BCUT2D eigenvalue weighted by Gasteiger charge is -2.44. The summed E-state index contributed by atoms with van der Waals surface area (Å²) in [6.45, 7) is 0.750. The lowest BCUT2D eigenvalue weighted by atomic mass is 9.60. The van der Waals surface area contributed by atoms with Crippen LogP contribution in [0.2, 0.25) is 0 Å². The van der Waals surface area contributed by atoms with Crippen molar-refractivity contribution < 1.29 is 14.3 Å². The summed E-state index contributed by atoms with van der Waals surface area (Å²) < 4.78 is 8.28. The molecule has 32 heavy (non-hydrogen) atoms. The Labute approximate surface area is 194 Å². The summed E-state index contributed by atoms with van der Waals surface area (Å²) in [4.78, 5) is 34.0. The molecule has 5 rings (SSSR count). The average Bonchev–Trinajstić information content (AvgIpc) is 3.47. The van der Waals surface area contributed by atoms with Crippen LogP contribution in [-0.4, -0.2) is 47.0 Å². The highest BCUT2D eigenvalue weighted by Gasteiger charge is 2.74. The van der Waals surface area contributed by atoms with Gasteiger partial charge in [0.1, 0.15) is 11.0 Å². The summed E-state index contributed by atoms with van der Waals surface area (Å²) in [5.74, 6) is -0.936. The second-order valence-electron chi connectivity index (χ2n) is 8.39. The summed E-state index contributed by atoms with van der Waals surface area (Å²) >= 11 is 3.50. The number of hydrogen-bond acceptors (Lipinski definition) is 5. The number of anilines is 1. The number of rotatable bonds is 4. The molecule has 0 saturated carbocycles. The third-order valence-electron chi connectivity index (χ3n) is 6.98. The number of fused-ring (bicyclic) bond motifs is 2. The Balaban J connectivity index is 1.83. The van der Waals surface area contributed by atoms with Gasteiger partial charge in [-0.05, 0) is 30.8 Å². The minimum Gasteiger partial charge on any atom is -0.468 e. The molecule has 8 heteroatoms. The molecular weight excluding hydrogens is 472 g/mol. The zero-order valence-corrected chi connectivity index (χ0v) is 19.4. The number of nitrogens with one attached hydrogen (secondary N) is 1. The van der Waals surface area contributed by atoms with E-state index in [9.17, 15) is 9.59 Å². The highest BCUT2D eigenvalue weighted by molar-refractivity contribution is 9.10. The van der Waals surface area contributed by atoms with E-state index in [1.54, 1.807) is 12.5 Å². The van der Waals surface area contributed by atoms with Gasteiger partial charge in [-0.15, -0.1) is 0 Å². The Hall–Kier alpha value is -2.97. The first-order valence-corrected chi connectivity index (χ1v) is 11.2. The zero-order chi connectivity index (χ0) is 22.5. The molecule has 0 radical (unpaired) electrons. The standard InChI is InChI=1S/C24H23BrN4O3/c1-28-13-19(16-7-9-17(25)10-8-16)23(22(31)32-2,14-29-12-11-26-15-29)24(28)18-5-3-4-6-20(18)27-21(24)30/h3-12,15,19H,13-14H2,1-2H3,(H,27,30)/t19-,23+,24+/m0/s1. The Kier molecular flexibility index (Phi) is 4.94. The maximum Gasteiger partial charge on any atom is 0.317 e. The molecule has 1 spiro atoms. The Bertz CT molecular complexity index is 1180. The lowest BCUT2D eigenvalue weighted by Crippen LogP contribution is -2.60. The number of amides is 1. The van der Waals surface area contributed by atoms with Gasteiger partial charge in [0.15, 0.2) is 0 Å². The molecule has 3 aromatic rings. The molecule has 0 bridgehead atoms. The van der Waals surface area contributed by atoms with Crippen LogP contribution >= 0.6 is 15.9 Å². The molecular formula is C24H23BrN4O3. The minimum atomic E-state index is -1.24. The number of carbonyl (C=O) groups excluding carboxylic acids is 2. The van der Waals surface area contributed by atoms with Crippen LogP contribution < -0.4 is 5.32 Å². The number of carbonyl (C=O) groups is 2. The maximum absolute atomic E-state index is 13.9. The molecule has 2 aliphatic heterocycles. The van der Waals surface area contributed by atoms with Gasteiger partial charge in [-0.3, -0.25) is 14.5 Å². The molecule has 1 N–H and O–H groups in total. The van der Waals surface area contributed by atoms with Crippen molar-refractivity contribution in [1.82, 2.24) is 14.5 Å². The van der Waals surface area contributed by atoms with E-state index in [1.807, 2.05) is 71.2 Å². The fourth-order valence-electron chi connectivity index (χ4n) is 5.74. The summed E-state index contributed by atoms with van der Waals surface area (Å²) in [6.07, 6.45) is 5.16. The molecule has 2 aliphatic rings. The van der Waals surface area contributed by atoms with Crippen LogP contribution in [0.4, 0.5) is 5.69 Å². The SMILES string of the molecule is COC(=O)[C@@]1(Cn2ccnc2)[C@H](c2ccc(Br)cc2)CN(C)[C@]12C(=O)Nc1ccccc12. The molecule has 1 amide bonds. The van der Waals surface area contributed by atoms with E-state index >= 15 is 0 Å². The second kappa shape index (κ2) is 7.56. The minimum absolute atomic E-state index is 0.216. The van der Waals surface area contributed by atoms with Crippen molar-refractivity contribution >= 4 is 33.5 Å². The number of aromatic nitrogens is 2. The van der Waals surface area contributed by atoms with Gasteiger partial charge in [0.25, 0.3) is 5.91 Å². The number of hydrogen-bond donors (Lipinski definition) is 1. The van der Waals surface area contributed by atoms with Crippen molar-refractivity contribution in [1.29, 1.82) is 0 Å². The second-order valence-corrected chi connectivity index (χ2v) is 9.31. The van der Waals surface area contributed by atoms with E-state index in [1.165, 1.54) is 7.11 Å². The summed E-state index contributed by atoms with van der Waals surface area (Å²) in [6, 6.07) is 15.5. The van der Waals surface area contributed by atoms with Crippen LogP contribution in [-0.2, 0) is 26.4 Å². The number of imidazole rings is 1. The van der Waals surface area contributed by atoms with Gasteiger partial charge in [-0.25, -0.2) is 4.98 Å². The van der Waals surface area contributed by atoms with E-state index < -0.39 is 16.9 Å². The molecule has 3 atom stereocenters. The number of likely N-dealkylation sites (N-methyl/N-ethyl adjacent to an activating group) is 1. The molecule has 7 nitrogen and oxygen atoms in total. The maximum atomic E-state index is 13.9. The van der Waals surface area contributed by atoms with E-state index in [-0.39, 0.29) is 18.4 Å². The molecule has 0 aliphatic carbocycles. The van der Waals surface area contributed by atoms with E-state index in [0.717, 1.165) is 21.3 Å². The first-order valence-electron chi connectivity index (χ1n) is 10.4. The number of para-hydroxylation sites is 1. The van der Waals surface area contributed by atoms with Crippen LogP contribution in [0.5, 0.6) is 0 Å². The van der Waals surface area contributed by atoms with Crippen LogP contribution in [0.1, 0.15) is 17.0 Å². The Morgan fingerprint density at radius 2 is 2.00 bits per heavy atom. The predicted octanol–water partition coefficient (Wildman–Crippen LogP) is 3.38. The zero-order valence-electron chi connectivity index (χ0n) is 17.8. The normalized spacial score (nSPS) is 26.8. The quantitative estimate of drug-likeness (QED) is 0.562. The topological polar surface area (TPSA) is 76.5 Å². The van der Waals surface area contributed by atoms with Crippen LogP contribution in [0, 0.1) is 5.41 Å². The first kappa shape index (κ1) is 20.9. The van der Waals surface area contributed by atoms with Crippen LogP contribution in [0.15, 0.2) is 71.7 Å². The van der Waals surface area contributed by atoms with Gasteiger partial charge in [0.2, 0.25) is 0 Å². The van der Waals surface area contributed by atoms with Gasteiger partial charge in [-0.1, -0.05) is 46.3 Å². The predicted molar refractivity (Wildman–Crippen MR) is 123 cm³/mol. The van der Waals surface area contributed by atoms with Crippen molar-refractivity contribution in [3.8, 4) is 0 Å². The van der Waals surface area contributed by atoms with Crippen molar-refractivity contribution in [3.05, 3.63) is 82.9 Å². The Morgan fingerprint density at radius 1 is 1.25 bits per heavy atom. The molecule has 2 aromatic carbocycles. The molecule has 0 unspecified atom stereocenters. The summed E-state index contributed by atoms with van der Waals surface area (Å²) in [5, 5.41) is 3.03. The van der Waals surface area contributed by atoms with Crippen molar-refractivity contribution in [3.63, 3.8) is 0 Å². The number of methoxy groups -OCH3 is 1. The largest absolute Gasteiger partial charge is 0.468 e. The van der Waals surface area contributed by atoms with E-state index in [0.29, 0.717) is 6.54 Å². The van der Waals surface area contributed by atoms with Crippen molar-refractivity contribution in [2.24, 2.45) is 5.41 Å². The fourth-order valence-corrected chi connectivity index (χ4v) is 6.00. The van der Waals surface area contributed by atoms with E-state index in [2.05, 4.69) is 26.2 Å². The van der Waals surface area contributed by atoms with Gasteiger partial charge < -0.3 is 14.6 Å². The number of benzene rings is 2. The van der Waals surface area contributed by atoms with Crippen LogP contribution in [0.3, 0.4) is 0 Å². The smallest absolute Gasteiger partial charge is 0.317 e. The molecule has 1 aromatic heterocycles. The number of likely N-dealkylation sites (tertiary alicyclic amines) is 1. The number of halogens is 1. The fraction of sp³-hybridized carbons (Fsp3) is 0.292. The molecule has 1 fully saturated rings. The van der Waals surface area contributed by atoms with Crippen molar-refractivity contribution in [2.45, 2.75) is 18.0 Å². The summed E-state index contributed by atoms with van der Waals surface area (Å²) in [5.41, 5.74) is 0.0115. The van der Waals surface area contributed by atoms with Gasteiger partial charge in [0, 0.05) is 47.1 Å². The molecule has 3 heterocycles. The molecule has 164 valence electrons. The van der Waals surface area contributed by atoms with Gasteiger partial charge >= 0.3 is 5.97 Å². The number of esters is 1. The van der Waals surface area contributed by atoms with Gasteiger partial charge in [-0.2, -0.15) is 0 Å². The summed E-state index contributed by atoms with van der Waals surface area (Å²) in [7, 11) is 3.30. The highest BCUT2D eigenvalue weighted by atomic mass is 79.9. The highest BCUT2D eigenvalue weighted by Crippen LogP contribution is 2.63. The number of ether oxygens (including phenoxy) is 1. The van der Waals surface area contributed by atoms with Crippen molar-refractivity contribution in [2.75, 3.05) is 26.0 Å². The van der Waals surface area contributed by atoms with Gasteiger partial charge in [0.05, 0.1) is 13.4 Å². The third kappa shape index (κ3) is 2.66. The lowest BCUT2D eigenvalue weighted by molar-refractivity contribution is -0.165. The monoisotopic (exact) mass is 494 g/mol. The van der Waals surface area contributed by atoms with E-state index in [4.69, 9.17) is 4.74 Å². The number of nitrogens with zero attached hydrogens (tertiary/aromatic N) is 3. The molecule has 1 saturated heterocycles. The average molecular weight is 495 g/mol. The first-order chi connectivity index (χ1) is 15.4. The third-order valence-corrected chi connectivity index (χ3v) is 7.51. The van der Waals surface area contributed by atoms with Crippen LogP contribution in [0.25, 0.3) is 0 Å².